The Morgan fingerprint density at radius 2 is 1.44 bits per heavy atom. The zero-order chi connectivity index (χ0) is 36.3. The Morgan fingerprint density at radius 3 is 2.04 bits per heavy atom. The molecule has 0 aliphatic carbocycles. The maximum Gasteiger partial charge on any atom is 0.243 e. The number of nitrogens with one attached hydrogen (secondary N) is 4. The minimum atomic E-state index is -1.10. The van der Waals surface area contributed by atoms with Gasteiger partial charge in [0.15, 0.2) is 0 Å². The molecule has 0 aromatic heterocycles. The molecule has 50 heavy (non-hydrogen) atoms. The summed E-state index contributed by atoms with van der Waals surface area (Å²) in [5.74, 6) is -0.396. The van der Waals surface area contributed by atoms with Crippen molar-refractivity contribution in [3.63, 3.8) is 0 Å². The van der Waals surface area contributed by atoms with Crippen LogP contribution in [0.25, 0.3) is 0 Å². The highest BCUT2D eigenvalue weighted by atomic mass is 16.5. The van der Waals surface area contributed by atoms with E-state index in [1.807, 2.05) is 32.0 Å². The van der Waals surface area contributed by atoms with Crippen molar-refractivity contribution in [3.05, 3.63) is 76.3 Å². The van der Waals surface area contributed by atoms with Crippen LogP contribution in [0.3, 0.4) is 0 Å². The summed E-state index contributed by atoms with van der Waals surface area (Å²) in [4.78, 5) is 55.0. The van der Waals surface area contributed by atoms with Crippen LogP contribution >= 0.6 is 0 Å². The Labute approximate surface area is 292 Å². The Balaban J connectivity index is 1.62. The number of carbonyl (C=O) groups excluding carboxylic acids is 4. The number of methoxy groups -OCH3 is 2. The number of phenols is 1. The molecule has 4 amide bonds. The number of hydrogen-bond donors (Lipinski definition) is 5. The standard InChI is InChI=1S/C38H46N4O8/c1-8-20(2)32-37(47)41-28(17-22-9-11-23(43)12-10-22)36(46)40-21(3)35(45)39-19-25-30(49-7)16-14-27-34(25)50-33-24(18-31(44)42-32)29(48-6)15-13-26(33)38(27,4)5/h9-16,20-21,28,32,43H,8,17-19H2,1-7H3,(H,39,45)(H,40,46)(H,41,47)(H,42,44). The second kappa shape index (κ2) is 14.7. The molecule has 0 saturated carbocycles. The first-order valence-corrected chi connectivity index (χ1v) is 16.8. The van der Waals surface area contributed by atoms with Gasteiger partial charge in [0.05, 0.1) is 32.7 Å². The molecule has 0 saturated heterocycles. The molecule has 2 bridgehead atoms. The van der Waals surface area contributed by atoms with Crippen LogP contribution in [0.1, 0.15) is 68.9 Å². The summed E-state index contributed by atoms with van der Waals surface area (Å²) in [5, 5.41) is 21.2. The Morgan fingerprint density at radius 1 is 0.840 bits per heavy atom. The normalized spacial score (nSPS) is 21.2. The number of aromatic hydroxyl groups is 1. The van der Waals surface area contributed by atoms with Crippen molar-refractivity contribution >= 4 is 23.6 Å². The van der Waals surface area contributed by atoms with E-state index in [1.165, 1.54) is 26.4 Å². The van der Waals surface area contributed by atoms with Crippen LogP contribution in [0.4, 0.5) is 0 Å². The molecule has 2 aliphatic heterocycles. The summed E-state index contributed by atoms with van der Waals surface area (Å²) in [6.07, 6.45) is 0.470. The van der Waals surface area contributed by atoms with Gasteiger partial charge in [-0.25, -0.2) is 0 Å². The third-order valence-electron chi connectivity index (χ3n) is 9.78. The second-order valence-corrected chi connectivity index (χ2v) is 13.5. The first kappa shape index (κ1) is 36.0. The highest BCUT2D eigenvalue weighted by molar-refractivity contribution is 5.95. The Hall–Kier alpha value is -5.26. The number of rotatable bonds is 6. The summed E-state index contributed by atoms with van der Waals surface area (Å²) in [6.45, 7) is 9.44. The topological polar surface area (TPSA) is 164 Å². The molecule has 5 N–H and O–H groups in total. The lowest BCUT2D eigenvalue weighted by atomic mass is 9.74. The number of amides is 4. The van der Waals surface area contributed by atoms with E-state index >= 15 is 0 Å². The van der Waals surface area contributed by atoms with Crippen LogP contribution in [-0.4, -0.2) is 61.1 Å². The van der Waals surface area contributed by atoms with Gasteiger partial charge in [0.1, 0.15) is 46.9 Å². The lowest BCUT2D eigenvalue weighted by Gasteiger charge is -2.37. The molecule has 5 rings (SSSR count). The molecule has 12 heteroatoms. The van der Waals surface area contributed by atoms with Gasteiger partial charge in [0, 0.05) is 28.5 Å². The molecular weight excluding hydrogens is 640 g/mol. The predicted molar refractivity (Wildman–Crippen MR) is 186 cm³/mol. The Bertz CT molecular complexity index is 1790. The number of hydrogen-bond acceptors (Lipinski definition) is 8. The van der Waals surface area contributed by atoms with Gasteiger partial charge in [-0.3, -0.25) is 19.2 Å². The zero-order valence-corrected chi connectivity index (χ0v) is 29.6. The summed E-state index contributed by atoms with van der Waals surface area (Å²) in [7, 11) is 3.05. The lowest BCUT2D eigenvalue weighted by molar-refractivity contribution is -0.134. The fourth-order valence-electron chi connectivity index (χ4n) is 6.53. The van der Waals surface area contributed by atoms with Crippen molar-refractivity contribution in [2.45, 2.75) is 84.0 Å². The van der Waals surface area contributed by atoms with Gasteiger partial charge < -0.3 is 40.6 Å². The van der Waals surface area contributed by atoms with Gasteiger partial charge in [-0.1, -0.05) is 58.4 Å². The fraction of sp³-hybridized carbons (Fsp3) is 0.421. The molecule has 2 aliphatic rings. The van der Waals surface area contributed by atoms with Gasteiger partial charge in [-0.2, -0.15) is 0 Å². The van der Waals surface area contributed by atoms with E-state index in [0.29, 0.717) is 46.1 Å². The molecule has 0 radical (unpaired) electrons. The highest BCUT2D eigenvalue weighted by Crippen LogP contribution is 2.53. The third-order valence-corrected chi connectivity index (χ3v) is 9.78. The largest absolute Gasteiger partial charge is 0.508 e. The molecule has 2 heterocycles. The quantitative estimate of drug-likeness (QED) is 0.262. The van der Waals surface area contributed by atoms with Gasteiger partial charge in [0.25, 0.3) is 0 Å². The molecule has 4 unspecified atom stereocenters. The van der Waals surface area contributed by atoms with Crippen LogP contribution in [0, 0.1) is 5.92 Å². The first-order chi connectivity index (χ1) is 23.8. The second-order valence-electron chi connectivity index (χ2n) is 13.5. The van der Waals surface area contributed by atoms with Crippen molar-refractivity contribution in [1.82, 2.24) is 21.3 Å². The summed E-state index contributed by atoms with van der Waals surface area (Å²) >= 11 is 0. The minimum Gasteiger partial charge on any atom is -0.508 e. The molecule has 12 nitrogen and oxygen atoms in total. The summed E-state index contributed by atoms with van der Waals surface area (Å²) in [5.41, 5.74) is 2.87. The number of benzene rings is 3. The summed E-state index contributed by atoms with van der Waals surface area (Å²) in [6, 6.07) is 10.7. The van der Waals surface area contributed by atoms with Crippen molar-refractivity contribution in [2.75, 3.05) is 14.2 Å². The van der Waals surface area contributed by atoms with Gasteiger partial charge >= 0.3 is 0 Å². The van der Waals surface area contributed by atoms with Crippen LogP contribution in [0.5, 0.6) is 28.7 Å². The maximum absolute atomic E-state index is 13.9. The van der Waals surface area contributed by atoms with E-state index in [9.17, 15) is 24.3 Å². The van der Waals surface area contributed by atoms with Crippen molar-refractivity contribution in [3.8, 4) is 28.7 Å². The molecular formula is C38H46N4O8. The average Bonchev–Trinajstić information content (AvgIpc) is 3.09. The maximum atomic E-state index is 13.9. The van der Waals surface area contributed by atoms with E-state index in [2.05, 4.69) is 35.1 Å². The zero-order valence-electron chi connectivity index (χ0n) is 29.6. The third kappa shape index (κ3) is 7.19. The molecule has 0 spiro atoms. The summed E-state index contributed by atoms with van der Waals surface area (Å²) < 4.78 is 18.1. The minimum absolute atomic E-state index is 0.0147. The molecule has 3 aromatic carbocycles. The predicted octanol–water partition coefficient (Wildman–Crippen LogP) is 3.78. The molecule has 4 atom stereocenters. The van der Waals surface area contributed by atoms with Crippen LogP contribution in [0.2, 0.25) is 0 Å². The molecule has 266 valence electrons. The Kier molecular flexibility index (Phi) is 10.6. The van der Waals surface area contributed by atoms with Crippen LogP contribution < -0.4 is 35.5 Å². The van der Waals surface area contributed by atoms with Crippen molar-refractivity contribution < 1.29 is 38.5 Å². The van der Waals surface area contributed by atoms with E-state index in [0.717, 1.165) is 11.1 Å². The van der Waals surface area contributed by atoms with Crippen molar-refractivity contribution in [2.24, 2.45) is 5.92 Å². The lowest BCUT2D eigenvalue weighted by Crippen LogP contribution is -2.58. The number of ether oxygens (including phenoxy) is 3. The van der Waals surface area contributed by atoms with Gasteiger partial charge in [-0.15, -0.1) is 0 Å². The van der Waals surface area contributed by atoms with Crippen LogP contribution in [0.15, 0.2) is 48.5 Å². The highest BCUT2D eigenvalue weighted by Gasteiger charge is 2.39. The van der Waals surface area contributed by atoms with E-state index in [4.69, 9.17) is 14.2 Å². The smallest absolute Gasteiger partial charge is 0.243 e. The van der Waals surface area contributed by atoms with E-state index < -0.39 is 47.2 Å². The average molecular weight is 687 g/mol. The van der Waals surface area contributed by atoms with Crippen LogP contribution in [-0.2, 0) is 44.0 Å². The van der Waals surface area contributed by atoms with E-state index in [1.54, 1.807) is 25.1 Å². The fourth-order valence-corrected chi connectivity index (χ4v) is 6.53. The molecule has 3 aromatic rings. The van der Waals surface area contributed by atoms with E-state index in [-0.39, 0.29) is 31.1 Å². The SMILES string of the molecule is CCC(C)C1NC(=O)Cc2c(OC)ccc3c2Oc2c(ccc(OC)c2CNC(=O)C(C)NC(=O)C(Cc2ccc(O)cc2)NC1=O)C3(C)C. The number of phenolic OH excluding ortho intramolecular Hbond substituents is 1. The monoisotopic (exact) mass is 686 g/mol. The number of carbonyl (C=O) groups is 4. The van der Waals surface area contributed by atoms with Gasteiger partial charge in [0.2, 0.25) is 23.6 Å². The molecule has 0 fully saturated rings. The first-order valence-electron chi connectivity index (χ1n) is 16.8. The van der Waals surface area contributed by atoms with Gasteiger partial charge in [-0.05, 0) is 42.7 Å². The van der Waals surface area contributed by atoms with Crippen molar-refractivity contribution in [1.29, 1.82) is 0 Å².